The lowest BCUT2D eigenvalue weighted by Crippen LogP contribution is -2.48. The lowest BCUT2D eigenvalue weighted by atomic mass is 9.97. The molecule has 2 N–H and O–H groups in total. The quantitative estimate of drug-likeness (QED) is 0.871. The molecule has 0 aromatic heterocycles. The normalized spacial score (nSPS) is 22.1. The summed E-state index contributed by atoms with van der Waals surface area (Å²) in [5.74, 6) is 1.38. The minimum atomic E-state index is -0.412. The number of nitrogens with zero attached hydrogens (tertiary/aromatic N) is 1. The smallest absolute Gasteiger partial charge is 0.315 e. The molecule has 0 bridgehead atoms. The summed E-state index contributed by atoms with van der Waals surface area (Å²) in [6.07, 6.45) is 1.87. The predicted octanol–water partition coefficient (Wildman–Crippen LogP) is 0.985. The highest BCUT2D eigenvalue weighted by Crippen LogP contribution is 2.20. The van der Waals surface area contributed by atoms with E-state index in [0.717, 1.165) is 31.7 Å². The number of likely N-dealkylation sites (tertiary alicyclic amines) is 1. The minimum Gasteiger partial charge on any atom is -0.493 e. The van der Waals surface area contributed by atoms with Crippen LogP contribution in [0, 0.1) is 5.92 Å². The Balaban J connectivity index is 1.42. The van der Waals surface area contributed by atoms with E-state index in [2.05, 4.69) is 10.6 Å². The summed E-state index contributed by atoms with van der Waals surface area (Å²) in [5, 5.41) is 5.26. The summed E-state index contributed by atoms with van der Waals surface area (Å²) in [4.78, 5) is 25.2. The number of piperidine rings is 1. The van der Waals surface area contributed by atoms with Crippen LogP contribution in [-0.2, 0) is 4.79 Å². The zero-order chi connectivity index (χ0) is 15.4. The van der Waals surface area contributed by atoms with Crippen molar-refractivity contribution in [3.05, 3.63) is 30.3 Å². The Kier molecular flexibility index (Phi) is 4.46. The number of para-hydroxylation sites is 1. The molecule has 0 unspecified atom stereocenters. The molecule has 2 aliphatic heterocycles. The average molecular weight is 303 g/mol. The van der Waals surface area contributed by atoms with E-state index in [1.807, 2.05) is 35.2 Å². The van der Waals surface area contributed by atoms with E-state index in [1.54, 1.807) is 0 Å². The van der Waals surface area contributed by atoms with Crippen LogP contribution in [0.1, 0.15) is 12.8 Å². The molecule has 3 amide bonds. The number of hydrogen-bond donors (Lipinski definition) is 2. The third kappa shape index (κ3) is 3.50. The lowest BCUT2D eigenvalue weighted by Gasteiger charge is -2.33. The number of carbonyl (C=O) groups is 2. The fourth-order valence-corrected chi connectivity index (χ4v) is 2.88. The lowest BCUT2D eigenvalue weighted by molar-refractivity contribution is -0.134. The average Bonchev–Trinajstić information content (AvgIpc) is 3.00. The highest BCUT2D eigenvalue weighted by atomic mass is 16.5. The Hall–Kier alpha value is -2.24. The van der Waals surface area contributed by atoms with Crippen molar-refractivity contribution in [1.29, 1.82) is 0 Å². The van der Waals surface area contributed by atoms with Crippen LogP contribution in [0.2, 0.25) is 0 Å². The Morgan fingerprint density at radius 1 is 1.23 bits per heavy atom. The first-order chi connectivity index (χ1) is 10.7. The maximum Gasteiger partial charge on any atom is 0.315 e. The van der Waals surface area contributed by atoms with Crippen LogP contribution in [0.3, 0.4) is 0 Å². The van der Waals surface area contributed by atoms with Crippen molar-refractivity contribution in [3.63, 3.8) is 0 Å². The molecule has 0 radical (unpaired) electrons. The summed E-state index contributed by atoms with van der Waals surface area (Å²) in [5.41, 5.74) is 0. The molecule has 0 saturated carbocycles. The highest BCUT2D eigenvalue weighted by molar-refractivity contribution is 5.90. The summed E-state index contributed by atoms with van der Waals surface area (Å²) in [6, 6.07) is 9.12. The second kappa shape index (κ2) is 6.68. The van der Waals surface area contributed by atoms with Gasteiger partial charge in [0.2, 0.25) is 5.91 Å². The van der Waals surface area contributed by atoms with Crippen LogP contribution >= 0.6 is 0 Å². The van der Waals surface area contributed by atoms with E-state index in [4.69, 9.17) is 4.74 Å². The van der Waals surface area contributed by atoms with Crippen LogP contribution in [0.4, 0.5) is 4.79 Å². The summed E-state index contributed by atoms with van der Waals surface area (Å²) in [6.45, 7) is 2.53. The van der Waals surface area contributed by atoms with Crippen LogP contribution in [-0.4, -0.2) is 49.1 Å². The van der Waals surface area contributed by atoms with Crippen molar-refractivity contribution in [3.8, 4) is 5.75 Å². The van der Waals surface area contributed by atoms with E-state index < -0.39 is 6.04 Å². The zero-order valence-corrected chi connectivity index (χ0v) is 12.5. The van der Waals surface area contributed by atoms with E-state index in [1.165, 1.54) is 0 Å². The van der Waals surface area contributed by atoms with Crippen LogP contribution in [0.25, 0.3) is 0 Å². The first-order valence-electron chi connectivity index (χ1n) is 7.73. The van der Waals surface area contributed by atoms with Gasteiger partial charge < -0.3 is 20.3 Å². The largest absolute Gasteiger partial charge is 0.493 e. The van der Waals surface area contributed by atoms with Crippen LogP contribution in [0.5, 0.6) is 5.75 Å². The molecular weight excluding hydrogens is 282 g/mol. The third-order valence-electron chi connectivity index (χ3n) is 4.23. The van der Waals surface area contributed by atoms with E-state index in [-0.39, 0.29) is 11.9 Å². The van der Waals surface area contributed by atoms with Gasteiger partial charge in [-0.25, -0.2) is 4.79 Å². The van der Waals surface area contributed by atoms with Gasteiger partial charge in [-0.2, -0.15) is 0 Å². The molecule has 22 heavy (non-hydrogen) atoms. The van der Waals surface area contributed by atoms with Gasteiger partial charge in [0.15, 0.2) is 0 Å². The van der Waals surface area contributed by atoms with Crippen LogP contribution < -0.4 is 15.4 Å². The number of rotatable bonds is 4. The van der Waals surface area contributed by atoms with E-state index >= 15 is 0 Å². The topological polar surface area (TPSA) is 70.7 Å². The SMILES string of the molecule is O=C1NC[C@@H](C(=O)N2CCC(COc3ccccc3)CC2)N1. The van der Waals surface area contributed by atoms with Gasteiger partial charge >= 0.3 is 6.03 Å². The maximum atomic E-state index is 12.3. The van der Waals surface area contributed by atoms with Crippen molar-refractivity contribution >= 4 is 11.9 Å². The van der Waals surface area contributed by atoms with Crippen molar-refractivity contribution in [2.75, 3.05) is 26.2 Å². The van der Waals surface area contributed by atoms with Gasteiger partial charge in [-0.05, 0) is 30.9 Å². The molecule has 6 nitrogen and oxygen atoms in total. The molecule has 2 heterocycles. The number of hydrogen-bond acceptors (Lipinski definition) is 3. The minimum absolute atomic E-state index is 0.0146. The van der Waals surface area contributed by atoms with Crippen molar-refractivity contribution in [1.82, 2.24) is 15.5 Å². The van der Waals surface area contributed by atoms with E-state index in [9.17, 15) is 9.59 Å². The third-order valence-corrected chi connectivity index (χ3v) is 4.23. The fraction of sp³-hybridized carbons (Fsp3) is 0.500. The molecule has 0 aliphatic carbocycles. The highest BCUT2D eigenvalue weighted by Gasteiger charge is 2.32. The molecule has 3 rings (SSSR count). The number of amides is 3. The summed E-state index contributed by atoms with van der Waals surface area (Å²) < 4.78 is 5.78. The van der Waals surface area contributed by atoms with Crippen molar-refractivity contribution in [2.24, 2.45) is 5.92 Å². The van der Waals surface area contributed by atoms with Gasteiger partial charge in [0.1, 0.15) is 11.8 Å². The second-order valence-electron chi connectivity index (χ2n) is 5.80. The van der Waals surface area contributed by atoms with Crippen molar-refractivity contribution < 1.29 is 14.3 Å². The Bertz CT molecular complexity index is 527. The number of benzene rings is 1. The Morgan fingerprint density at radius 2 is 1.95 bits per heavy atom. The number of carbonyl (C=O) groups excluding carboxylic acids is 2. The molecule has 1 atom stereocenters. The standard InChI is InChI=1S/C16H21N3O3/c20-15(14-10-17-16(21)18-14)19-8-6-12(7-9-19)11-22-13-4-2-1-3-5-13/h1-5,12,14H,6-11H2,(H2,17,18,21)/t14-/m0/s1. The summed E-state index contributed by atoms with van der Waals surface area (Å²) in [7, 11) is 0. The van der Waals surface area contributed by atoms with Gasteiger partial charge in [-0.3, -0.25) is 4.79 Å². The molecule has 6 heteroatoms. The molecule has 1 aromatic carbocycles. The number of urea groups is 1. The summed E-state index contributed by atoms with van der Waals surface area (Å²) >= 11 is 0. The predicted molar refractivity (Wildman–Crippen MR) is 81.6 cm³/mol. The Labute approximate surface area is 129 Å². The molecule has 2 aliphatic rings. The molecule has 118 valence electrons. The monoisotopic (exact) mass is 303 g/mol. The van der Waals surface area contributed by atoms with Gasteiger partial charge in [0.05, 0.1) is 6.61 Å². The van der Waals surface area contributed by atoms with Gasteiger partial charge in [-0.15, -0.1) is 0 Å². The van der Waals surface area contributed by atoms with Gasteiger partial charge in [0.25, 0.3) is 0 Å². The maximum absolute atomic E-state index is 12.3. The first-order valence-corrected chi connectivity index (χ1v) is 7.73. The van der Waals surface area contributed by atoms with Gasteiger partial charge in [-0.1, -0.05) is 18.2 Å². The molecular formula is C16H21N3O3. The molecule has 0 spiro atoms. The second-order valence-corrected chi connectivity index (χ2v) is 5.80. The number of ether oxygens (including phenoxy) is 1. The Morgan fingerprint density at radius 3 is 2.59 bits per heavy atom. The van der Waals surface area contributed by atoms with Crippen LogP contribution in [0.15, 0.2) is 30.3 Å². The van der Waals surface area contributed by atoms with E-state index in [0.29, 0.717) is 19.1 Å². The molecule has 1 aromatic rings. The fourth-order valence-electron chi connectivity index (χ4n) is 2.88. The number of nitrogens with one attached hydrogen (secondary N) is 2. The van der Waals surface area contributed by atoms with Gasteiger partial charge in [0, 0.05) is 19.6 Å². The first kappa shape index (κ1) is 14.7. The molecule has 2 fully saturated rings. The van der Waals surface area contributed by atoms with Crippen molar-refractivity contribution in [2.45, 2.75) is 18.9 Å². The zero-order valence-electron chi connectivity index (χ0n) is 12.5. The molecule has 2 saturated heterocycles.